The van der Waals surface area contributed by atoms with E-state index in [1.54, 1.807) is 0 Å². The molecule has 0 radical (unpaired) electrons. The van der Waals surface area contributed by atoms with Gasteiger partial charge in [0.05, 0.1) is 0 Å². The maximum absolute atomic E-state index is 2.27. The molecule has 0 aliphatic rings. The summed E-state index contributed by atoms with van der Waals surface area (Å²) in [5.74, 6) is 0. The van der Waals surface area contributed by atoms with Crippen molar-refractivity contribution in [1.29, 1.82) is 0 Å². The van der Waals surface area contributed by atoms with Crippen molar-refractivity contribution >= 4 is 30.6 Å². The van der Waals surface area contributed by atoms with Crippen molar-refractivity contribution in [3.8, 4) is 4.90 Å². The van der Waals surface area contributed by atoms with Crippen molar-refractivity contribution in [2.24, 2.45) is 0 Å². The van der Waals surface area contributed by atoms with Gasteiger partial charge in [0.25, 0.3) is 0 Å². The van der Waals surface area contributed by atoms with Crippen LogP contribution in [0.15, 0.2) is 78.9 Å². The normalized spacial score (nSPS) is 10.4. The first-order chi connectivity index (χ1) is 10.4. The van der Waals surface area contributed by atoms with Crippen LogP contribution < -0.4 is 0 Å². The van der Waals surface area contributed by atoms with E-state index < -0.39 is 0 Å². The average molecular weight is 291 g/mol. The van der Waals surface area contributed by atoms with Crippen LogP contribution in [0.25, 0.3) is 25.1 Å². The molecule has 0 aliphatic carbocycles. The highest BCUT2D eigenvalue weighted by atomic mass is 32.2. The summed E-state index contributed by atoms with van der Waals surface area (Å²) in [5.41, 5.74) is 0. The predicted molar refractivity (Wildman–Crippen MR) is 96.6 cm³/mol. The molecule has 1 heteroatoms. The minimum absolute atomic E-state index is 0.0594. The molecular formula is C20H19S+. The Labute approximate surface area is 128 Å². The minimum Gasteiger partial charge on any atom is -0.0683 e. The van der Waals surface area contributed by atoms with Crippen molar-refractivity contribution in [2.75, 3.05) is 0 Å². The van der Waals surface area contributed by atoms with E-state index in [-0.39, 0.29) is 10.5 Å². The molecule has 0 spiro atoms. The molecule has 4 rings (SSSR count). The van der Waals surface area contributed by atoms with Gasteiger partial charge in [-0.2, -0.15) is 0 Å². The summed E-state index contributed by atoms with van der Waals surface area (Å²) in [6.07, 6.45) is 0. The standard InChI is InChI=1S/C18H13S.C2H6/c1-2-8-14(9-3-1)19-17-12-6-4-10-15(17)16-11-5-7-13-18(16)19;1-2/h1-13H;1-2H3/q+1;. The van der Waals surface area contributed by atoms with Gasteiger partial charge in [-0.05, 0) is 36.4 Å². The Morgan fingerprint density at radius 1 is 0.524 bits per heavy atom. The summed E-state index contributed by atoms with van der Waals surface area (Å²) in [6.45, 7) is 4.00. The summed E-state index contributed by atoms with van der Waals surface area (Å²) in [6, 6.07) is 28.4. The van der Waals surface area contributed by atoms with E-state index in [1.807, 2.05) is 13.8 Å². The molecular weight excluding hydrogens is 272 g/mol. The lowest BCUT2D eigenvalue weighted by atomic mass is 10.2. The monoisotopic (exact) mass is 291 g/mol. The fraction of sp³-hybridized carbons (Fsp3) is 0.100. The molecule has 0 amide bonds. The van der Waals surface area contributed by atoms with Gasteiger partial charge in [-0.15, -0.1) is 0 Å². The van der Waals surface area contributed by atoms with Crippen molar-refractivity contribution in [3.63, 3.8) is 0 Å². The zero-order valence-electron chi connectivity index (χ0n) is 12.4. The van der Waals surface area contributed by atoms with Crippen LogP contribution in [0, 0.1) is 0 Å². The van der Waals surface area contributed by atoms with E-state index in [4.69, 9.17) is 0 Å². The molecule has 0 bridgehead atoms. The molecule has 21 heavy (non-hydrogen) atoms. The predicted octanol–water partition coefficient (Wildman–Crippen LogP) is 6.76. The Kier molecular flexibility index (Phi) is 4.03. The van der Waals surface area contributed by atoms with Gasteiger partial charge in [0.15, 0.2) is 14.3 Å². The Morgan fingerprint density at radius 2 is 0.952 bits per heavy atom. The Balaban J connectivity index is 0.000000636. The molecule has 1 aromatic heterocycles. The zero-order valence-corrected chi connectivity index (χ0v) is 13.2. The lowest BCUT2D eigenvalue weighted by molar-refractivity contribution is 1.50. The van der Waals surface area contributed by atoms with Crippen molar-refractivity contribution in [3.05, 3.63) is 78.9 Å². The number of fused-ring (bicyclic) bond motifs is 3. The quantitative estimate of drug-likeness (QED) is 0.340. The first-order valence-corrected chi connectivity index (χ1v) is 8.65. The maximum Gasteiger partial charge on any atom is 0.187 e. The van der Waals surface area contributed by atoms with Crippen LogP contribution in [0.1, 0.15) is 13.8 Å². The highest BCUT2D eigenvalue weighted by Gasteiger charge is 2.22. The lowest BCUT2D eigenvalue weighted by Gasteiger charge is -1.91. The number of hydrogen-bond acceptors (Lipinski definition) is 0. The van der Waals surface area contributed by atoms with Gasteiger partial charge in [-0.1, -0.05) is 56.3 Å². The summed E-state index contributed by atoms with van der Waals surface area (Å²) >= 11 is 0. The Hall–Kier alpha value is -2.12. The molecule has 1 heterocycles. The smallest absolute Gasteiger partial charge is 0.0683 e. The Morgan fingerprint density at radius 3 is 1.48 bits per heavy atom. The van der Waals surface area contributed by atoms with Crippen LogP contribution in [0.3, 0.4) is 0 Å². The van der Waals surface area contributed by atoms with Crippen LogP contribution in [0.5, 0.6) is 0 Å². The van der Waals surface area contributed by atoms with Crippen LogP contribution >= 0.6 is 10.5 Å². The van der Waals surface area contributed by atoms with Crippen LogP contribution in [-0.2, 0) is 0 Å². The van der Waals surface area contributed by atoms with E-state index in [2.05, 4.69) is 78.9 Å². The van der Waals surface area contributed by atoms with Crippen LogP contribution in [0.2, 0.25) is 0 Å². The van der Waals surface area contributed by atoms with Gasteiger partial charge < -0.3 is 0 Å². The van der Waals surface area contributed by atoms with E-state index in [1.165, 1.54) is 25.1 Å². The minimum atomic E-state index is 0.0594. The summed E-state index contributed by atoms with van der Waals surface area (Å²) in [7, 11) is 0.0594. The first kappa shape index (κ1) is 13.8. The second-order valence-electron chi connectivity index (χ2n) is 4.61. The fourth-order valence-corrected chi connectivity index (χ4v) is 5.06. The van der Waals surface area contributed by atoms with Crippen molar-refractivity contribution in [2.45, 2.75) is 13.8 Å². The highest BCUT2D eigenvalue weighted by Crippen LogP contribution is 2.47. The second-order valence-corrected chi connectivity index (χ2v) is 6.57. The number of benzene rings is 3. The molecule has 0 N–H and O–H groups in total. The van der Waals surface area contributed by atoms with Gasteiger partial charge in [-0.3, -0.25) is 0 Å². The number of rotatable bonds is 1. The SMILES string of the molecule is CC.c1ccc(-[s+]2c3ccccc3c3ccccc32)cc1. The molecule has 0 saturated carbocycles. The molecule has 0 nitrogen and oxygen atoms in total. The lowest BCUT2D eigenvalue weighted by Crippen LogP contribution is -1.68. The van der Waals surface area contributed by atoms with E-state index in [0.29, 0.717) is 0 Å². The molecule has 3 aromatic carbocycles. The first-order valence-electron chi connectivity index (χ1n) is 7.43. The fourth-order valence-electron chi connectivity index (χ4n) is 2.66. The Bertz CT molecular complexity index is 803. The third kappa shape index (κ3) is 2.34. The van der Waals surface area contributed by atoms with Crippen LogP contribution in [0.4, 0.5) is 0 Å². The molecule has 0 atom stereocenters. The third-order valence-electron chi connectivity index (χ3n) is 3.48. The molecule has 0 aliphatic heterocycles. The van der Waals surface area contributed by atoms with Gasteiger partial charge in [0, 0.05) is 21.2 Å². The van der Waals surface area contributed by atoms with Crippen molar-refractivity contribution < 1.29 is 0 Å². The highest BCUT2D eigenvalue weighted by molar-refractivity contribution is 7.50. The van der Waals surface area contributed by atoms with Gasteiger partial charge in [0.2, 0.25) is 0 Å². The molecule has 0 fully saturated rings. The summed E-state index contributed by atoms with van der Waals surface area (Å²) in [5, 5.41) is 2.79. The van der Waals surface area contributed by atoms with E-state index in [0.717, 1.165) is 0 Å². The van der Waals surface area contributed by atoms with Gasteiger partial charge >= 0.3 is 0 Å². The summed E-state index contributed by atoms with van der Waals surface area (Å²) in [4.78, 5) is 1.40. The maximum atomic E-state index is 2.27. The number of hydrogen-bond donors (Lipinski definition) is 0. The summed E-state index contributed by atoms with van der Waals surface area (Å²) < 4.78 is 2.91. The topological polar surface area (TPSA) is 0 Å². The molecule has 0 saturated heterocycles. The average Bonchev–Trinajstić information content (AvgIpc) is 2.92. The zero-order chi connectivity index (χ0) is 14.7. The number of thiophene rings is 1. The molecule has 104 valence electrons. The van der Waals surface area contributed by atoms with E-state index >= 15 is 0 Å². The second kappa shape index (κ2) is 6.11. The third-order valence-corrected chi connectivity index (χ3v) is 5.82. The molecule has 4 aromatic rings. The van der Waals surface area contributed by atoms with Crippen molar-refractivity contribution in [1.82, 2.24) is 0 Å². The molecule has 0 unspecified atom stereocenters. The van der Waals surface area contributed by atoms with E-state index in [9.17, 15) is 0 Å². The largest absolute Gasteiger partial charge is 0.187 e. The van der Waals surface area contributed by atoms with Crippen LogP contribution in [-0.4, -0.2) is 0 Å². The van der Waals surface area contributed by atoms with Gasteiger partial charge in [0.1, 0.15) is 0 Å². The van der Waals surface area contributed by atoms with Gasteiger partial charge in [-0.25, -0.2) is 0 Å².